The van der Waals surface area contributed by atoms with E-state index >= 15 is 0 Å². The number of hydrogen-bond donors (Lipinski definition) is 1. The molecular formula is C14H26N2O2. The van der Waals surface area contributed by atoms with E-state index in [9.17, 15) is 4.79 Å². The number of likely N-dealkylation sites (tertiary alicyclic amines) is 1. The Labute approximate surface area is 110 Å². The van der Waals surface area contributed by atoms with Crippen molar-refractivity contribution in [3.05, 3.63) is 0 Å². The van der Waals surface area contributed by atoms with E-state index in [-0.39, 0.29) is 12.0 Å². The Kier molecular flexibility index (Phi) is 5.01. The zero-order valence-corrected chi connectivity index (χ0v) is 11.7. The molecule has 2 heterocycles. The Bertz CT molecular complexity index is 275. The second kappa shape index (κ2) is 6.53. The molecule has 1 N–H and O–H groups in total. The lowest BCUT2D eigenvalue weighted by molar-refractivity contribution is -0.138. The molecule has 0 bridgehead atoms. The molecule has 2 saturated heterocycles. The summed E-state index contributed by atoms with van der Waals surface area (Å²) in [5, 5.41) is 3.40. The summed E-state index contributed by atoms with van der Waals surface area (Å²) in [6.45, 7) is 8.90. The van der Waals surface area contributed by atoms with Crippen LogP contribution >= 0.6 is 0 Å². The van der Waals surface area contributed by atoms with Gasteiger partial charge in [0.15, 0.2) is 0 Å². The molecule has 2 atom stereocenters. The minimum Gasteiger partial charge on any atom is -0.378 e. The average Bonchev–Trinajstić information content (AvgIpc) is 2.82. The molecule has 0 aliphatic carbocycles. The highest BCUT2D eigenvalue weighted by Gasteiger charge is 2.35. The van der Waals surface area contributed by atoms with Crippen LogP contribution in [-0.2, 0) is 9.53 Å². The fraction of sp³-hybridized carbons (Fsp3) is 0.929. The number of nitrogens with zero attached hydrogens (tertiary/aromatic N) is 1. The molecule has 18 heavy (non-hydrogen) atoms. The third-order valence-electron chi connectivity index (χ3n) is 4.30. The topological polar surface area (TPSA) is 41.6 Å². The molecule has 2 fully saturated rings. The van der Waals surface area contributed by atoms with Crippen LogP contribution in [0.5, 0.6) is 0 Å². The molecule has 2 rings (SSSR count). The van der Waals surface area contributed by atoms with Gasteiger partial charge in [0, 0.05) is 19.7 Å². The third-order valence-corrected chi connectivity index (χ3v) is 4.30. The third kappa shape index (κ3) is 3.23. The van der Waals surface area contributed by atoms with Gasteiger partial charge in [0.25, 0.3) is 0 Å². The number of carbonyl (C=O) groups excluding carboxylic acids is 1. The molecule has 0 aromatic rings. The first kappa shape index (κ1) is 13.8. The summed E-state index contributed by atoms with van der Waals surface area (Å²) in [4.78, 5) is 14.4. The van der Waals surface area contributed by atoms with Crippen LogP contribution in [0.1, 0.15) is 33.1 Å². The van der Waals surface area contributed by atoms with Gasteiger partial charge in [-0.05, 0) is 45.2 Å². The van der Waals surface area contributed by atoms with Crippen LogP contribution < -0.4 is 5.32 Å². The number of hydrogen-bond acceptors (Lipinski definition) is 3. The van der Waals surface area contributed by atoms with Gasteiger partial charge in [-0.15, -0.1) is 0 Å². The normalized spacial score (nSPS) is 29.8. The molecular weight excluding hydrogens is 228 g/mol. The summed E-state index contributed by atoms with van der Waals surface area (Å²) >= 11 is 0. The molecule has 104 valence electrons. The van der Waals surface area contributed by atoms with E-state index in [4.69, 9.17) is 4.74 Å². The van der Waals surface area contributed by atoms with Gasteiger partial charge in [0.05, 0.1) is 12.0 Å². The smallest absolute Gasteiger partial charge is 0.228 e. The van der Waals surface area contributed by atoms with Crippen LogP contribution in [0.25, 0.3) is 0 Å². The van der Waals surface area contributed by atoms with Crippen molar-refractivity contribution >= 4 is 5.91 Å². The molecule has 1 amide bonds. The van der Waals surface area contributed by atoms with Gasteiger partial charge in [-0.25, -0.2) is 0 Å². The summed E-state index contributed by atoms with van der Waals surface area (Å²) in [7, 11) is 0. The zero-order valence-electron chi connectivity index (χ0n) is 11.7. The molecule has 0 saturated carbocycles. The van der Waals surface area contributed by atoms with Crippen LogP contribution in [0, 0.1) is 11.8 Å². The lowest BCUT2D eigenvalue weighted by Crippen LogP contribution is -2.44. The summed E-state index contributed by atoms with van der Waals surface area (Å²) in [6, 6.07) is 0. The highest BCUT2D eigenvalue weighted by molar-refractivity contribution is 5.79. The van der Waals surface area contributed by atoms with Gasteiger partial charge < -0.3 is 15.0 Å². The SMILES string of the molecule is CCNCC1CCN(C(=O)C2CCOC2C)CC1. The lowest BCUT2D eigenvalue weighted by Gasteiger charge is -2.34. The fourth-order valence-corrected chi connectivity index (χ4v) is 3.00. The van der Waals surface area contributed by atoms with Gasteiger partial charge in [-0.3, -0.25) is 4.79 Å². The number of rotatable bonds is 4. The van der Waals surface area contributed by atoms with Crippen molar-refractivity contribution in [2.24, 2.45) is 11.8 Å². The van der Waals surface area contributed by atoms with E-state index in [0.717, 1.165) is 58.0 Å². The Morgan fingerprint density at radius 1 is 1.33 bits per heavy atom. The Morgan fingerprint density at radius 3 is 2.61 bits per heavy atom. The van der Waals surface area contributed by atoms with Crippen molar-refractivity contribution in [1.82, 2.24) is 10.2 Å². The molecule has 4 heteroatoms. The Balaban J connectivity index is 1.77. The second-order valence-corrected chi connectivity index (χ2v) is 5.55. The molecule has 2 aliphatic heterocycles. The van der Waals surface area contributed by atoms with E-state index in [1.807, 2.05) is 6.92 Å². The van der Waals surface area contributed by atoms with Crippen molar-refractivity contribution in [1.29, 1.82) is 0 Å². The van der Waals surface area contributed by atoms with Crippen molar-refractivity contribution in [3.8, 4) is 0 Å². The van der Waals surface area contributed by atoms with Gasteiger partial charge in [0.2, 0.25) is 5.91 Å². The van der Waals surface area contributed by atoms with Crippen LogP contribution in [0.3, 0.4) is 0 Å². The number of amides is 1. The molecule has 4 nitrogen and oxygen atoms in total. The lowest BCUT2D eigenvalue weighted by atomic mass is 9.94. The van der Waals surface area contributed by atoms with Gasteiger partial charge >= 0.3 is 0 Å². The fourth-order valence-electron chi connectivity index (χ4n) is 3.00. The largest absolute Gasteiger partial charge is 0.378 e. The Hall–Kier alpha value is -0.610. The minimum absolute atomic E-state index is 0.107. The van der Waals surface area contributed by atoms with Gasteiger partial charge in [0.1, 0.15) is 0 Å². The first-order valence-electron chi connectivity index (χ1n) is 7.33. The summed E-state index contributed by atoms with van der Waals surface area (Å²) in [5.74, 6) is 1.17. The first-order valence-corrected chi connectivity index (χ1v) is 7.33. The quantitative estimate of drug-likeness (QED) is 0.821. The van der Waals surface area contributed by atoms with Gasteiger partial charge in [-0.1, -0.05) is 6.92 Å². The average molecular weight is 254 g/mol. The molecule has 2 unspecified atom stereocenters. The first-order chi connectivity index (χ1) is 8.72. The molecule has 0 aromatic carbocycles. The molecule has 2 aliphatic rings. The molecule has 0 spiro atoms. The van der Waals surface area contributed by atoms with Gasteiger partial charge in [-0.2, -0.15) is 0 Å². The number of nitrogens with one attached hydrogen (secondary N) is 1. The highest BCUT2D eigenvalue weighted by atomic mass is 16.5. The van der Waals surface area contributed by atoms with Crippen molar-refractivity contribution in [2.75, 3.05) is 32.8 Å². The Morgan fingerprint density at radius 2 is 2.06 bits per heavy atom. The van der Waals surface area contributed by atoms with E-state index in [1.165, 1.54) is 0 Å². The predicted octanol–water partition coefficient (Wildman–Crippen LogP) is 1.26. The number of carbonyl (C=O) groups is 1. The van der Waals surface area contributed by atoms with E-state index in [1.54, 1.807) is 0 Å². The standard InChI is InChI=1S/C14H26N2O2/c1-3-15-10-12-4-7-16(8-5-12)14(17)13-6-9-18-11(13)2/h11-13,15H,3-10H2,1-2H3. The van der Waals surface area contributed by atoms with Crippen molar-refractivity contribution in [2.45, 2.75) is 39.2 Å². The summed E-state index contributed by atoms with van der Waals surface area (Å²) < 4.78 is 5.49. The zero-order chi connectivity index (χ0) is 13.0. The maximum absolute atomic E-state index is 12.4. The van der Waals surface area contributed by atoms with E-state index < -0.39 is 0 Å². The van der Waals surface area contributed by atoms with Crippen LogP contribution in [0.2, 0.25) is 0 Å². The van der Waals surface area contributed by atoms with Crippen LogP contribution in [0.4, 0.5) is 0 Å². The summed E-state index contributed by atoms with van der Waals surface area (Å²) in [5.41, 5.74) is 0. The highest BCUT2D eigenvalue weighted by Crippen LogP contribution is 2.25. The molecule has 0 radical (unpaired) electrons. The van der Waals surface area contributed by atoms with Crippen molar-refractivity contribution < 1.29 is 9.53 Å². The molecule has 0 aromatic heterocycles. The minimum atomic E-state index is 0.107. The maximum atomic E-state index is 12.4. The monoisotopic (exact) mass is 254 g/mol. The van der Waals surface area contributed by atoms with E-state index in [2.05, 4.69) is 17.1 Å². The number of piperidine rings is 1. The van der Waals surface area contributed by atoms with E-state index in [0.29, 0.717) is 5.91 Å². The van der Waals surface area contributed by atoms with Crippen LogP contribution in [-0.4, -0.2) is 49.7 Å². The number of ether oxygens (including phenoxy) is 1. The maximum Gasteiger partial charge on any atom is 0.228 e. The predicted molar refractivity (Wildman–Crippen MR) is 71.4 cm³/mol. The van der Waals surface area contributed by atoms with Crippen molar-refractivity contribution in [3.63, 3.8) is 0 Å². The summed E-state index contributed by atoms with van der Waals surface area (Å²) in [6.07, 6.45) is 3.29. The second-order valence-electron chi connectivity index (χ2n) is 5.55. The van der Waals surface area contributed by atoms with Crippen LogP contribution in [0.15, 0.2) is 0 Å².